The molecule has 12 heteroatoms. The molecule has 2 fully saturated rings. The van der Waals surface area contributed by atoms with Crippen molar-refractivity contribution in [2.75, 3.05) is 58.4 Å². The number of hydrogen-bond acceptors (Lipinski definition) is 8. The van der Waals surface area contributed by atoms with Gasteiger partial charge in [-0.25, -0.2) is 0 Å². The summed E-state index contributed by atoms with van der Waals surface area (Å²) in [6.45, 7) is 6.01. The molecule has 0 bridgehead atoms. The summed E-state index contributed by atoms with van der Waals surface area (Å²) in [6, 6.07) is 0. The first kappa shape index (κ1) is 21.3. The van der Waals surface area contributed by atoms with Crippen molar-refractivity contribution in [3.05, 3.63) is 0 Å². The Kier molecular flexibility index (Phi) is 10.4. The molecule has 0 spiro atoms. The van der Waals surface area contributed by atoms with Crippen LogP contribution in [0.15, 0.2) is 0 Å². The molecule has 136 valence electrons. The van der Waals surface area contributed by atoms with E-state index in [9.17, 15) is 4.79 Å². The fraction of sp³-hybridized carbons (Fsp3) is 0.750. The number of nitrogens with zero attached hydrogens (tertiary/aromatic N) is 2. The average molecular weight is 537 g/mol. The van der Waals surface area contributed by atoms with Gasteiger partial charge < -0.3 is 0 Å². The van der Waals surface area contributed by atoms with Gasteiger partial charge in [-0.1, -0.05) is 0 Å². The topological polar surface area (TPSA) is 62.2 Å². The van der Waals surface area contributed by atoms with Crippen molar-refractivity contribution in [2.45, 2.75) is 0 Å². The first-order valence-electron chi connectivity index (χ1n) is 7.30. The van der Waals surface area contributed by atoms with E-state index >= 15 is 0 Å². The molecule has 0 atom stereocenters. The fourth-order valence-electron chi connectivity index (χ4n) is 1.91. The quantitative estimate of drug-likeness (QED) is 0.410. The molecule has 0 saturated carbocycles. The summed E-state index contributed by atoms with van der Waals surface area (Å²) >= 11 is 9.01. The van der Waals surface area contributed by atoms with E-state index in [-0.39, 0.29) is 5.75 Å². The van der Waals surface area contributed by atoms with Crippen LogP contribution in [0.2, 0.25) is 0 Å². The number of aliphatic carboxylic acids is 1. The van der Waals surface area contributed by atoms with E-state index < -0.39 is 22.0 Å². The summed E-state index contributed by atoms with van der Waals surface area (Å²) in [5.74, 6) is -0.675. The van der Waals surface area contributed by atoms with E-state index in [2.05, 4.69) is 9.80 Å². The Balaban J connectivity index is 1.88. The number of thiocarbonyl (C=S) groups is 2. The van der Waals surface area contributed by atoms with Gasteiger partial charge in [0.05, 0.1) is 0 Å². The third-order valence-corrected chi connectivity index (χ3v) is 26.7. The third-order valence-electron chi connectivity index (χ3n) is 3.14. The molecule has 2 saturated heterocycles. The molecule has 2 heterocycles. The van der Waals surface area contributed by atoms with Gasteiger partial charge in [-0.15, -0.1) is 0 Å². The fourth-order valence-corrected chi connectivity index (χ4v) is 28.2. The Hall–Kier alpha value is 1.04. The van der Waals surface area contributed by atoms with Crippen LogP contribution in [0.3, 0.4) is 0 Å². The van der Waals surface area contributed by atoms with Crippen molar-refractivity contribution in [3.63, 3.8) is 0 Å². The van der Waals surface area contributed by atoms with Crippen LogP contribution in [0.1, 0.15) is 0 Å². The summed E-state index contributed by atoms with van der Waals surface area (Å²) < 4.78 is 12.4. The second kappa shape index (κ2) is 11.7. The summed E-state index contributed by atoms with van der Waals surface area (Å²) in [6.07, 6.45) is 0. The van der Waals surface area contributed by atoms with Crippen LogP contribution in [-0.2, 0) is 14.3 Å². The summed E-state index contributed by atoms with van der Waals surface area (Å²) in [4.78, 5) is 15.3. The molecule has 0 radical (unpaired) electrons. The zero-order chi connectivity index (χ0) is 17.4. The van der Waals surface area contributed by atoms with Gasteiger partial charge in [0.25, 0.3) is 0 Å². The van der Waals surface area contributed by atoms with Crippen molar-refractivity contribution >= 4 is 81.6 Å². The molecule has 1 N–H and O–H groups in total. The molecule has 6 nitrogen and oxygen atoms in total. The van der Waals surface area contributed by atoms with Gasteiger partial charge in [-0.05, 0) is 0 Å². The normalized spacial score (nSPS) is 18.7. The predicted molar refractivity (Wildman–Crippen MR) is 111 cm³/mol. The van der Waals surface area contributed by atoms with E-state index in [1.807, 2.05) is 0 Å². The average Bonchev–Trinajstić information content (AvgIpc) is 2.61. The van der Waals surface area contributed by atoms with E-state index in [0.717, 1.165) is 34.8 Å². The Morgan fingerprint density at radius 1 is 0.958 bits per heavy atom. The Morgan fingerprint density at radius 3 is 1.75 bits per heavy atom. The molecule has 0 aromatic rings. The number of carbonyl (C=O) groups is 1. The zero-order valence-electron chi connectivity index (χ0n) is 12.9. The van der Waals surface area contributed by atoms with Gasteiger partial charge in [0, 0.05) is 0 Å². The molecule has 0 aromatic carbocycles. The number of carboxylic acid groups (broad SMARTS) is 1. The number of rotatable bonds is 5. The zero-order valence-corrected chi connectivity index (χ0v) is 19.6. The van der Waals surface area contributed by atoms with E-state index in [1.165, 1.54) is 8.85 Å². The standard InChI is InChI=1S/2C5H9NOS2.C2H4O2S.Sb/c2*8-5(9)6-1-3-7-4-2-6;3-2(4)1-5;/h2*1-4H2,(H,8,9);5H,1H2,(H,3,4);/q;;;+3/p-3. The number of carboxylic acids is 1. The SMILES string of the molecule is O=C(O)C[S][Sb]([S]C(=S)N1CCOCC1)[S]C(=S)N1CCOCC1. The third kappa shape index (κ3) is 7.73. The molecule has 2 aliphatic rings. The number of hydrogen-bond donors (Lipinski definition) is 1. The van der Waals surface area contributed by atoms with Gasteiger partial charge in [0.2, 0.25) is 0 Å². The van der Waals surface area contributed by atoms with Crippen LogP contribution in [0.5, 0.6) is 0 Å². The van der Waals surface area contributed by atoms with Gasteiger partial charge in [-0.3, -0.25) is 0 Å². The summed E-state index contributed by atoms with van der Waals surface area (Å²) in [5, 5.41) is 9.00. The van der Waals surface area contributed by atoms with Crippen LogP contribution in [-0.4, -0.2) is 104 Å². The van der Waals surface area contributed by atoms with Crippen molar-refractivity contribution in [1.82, 2.24) is 9.80 Å². The molecular formula is C12H19N2O4S5Sb. The van der Waals surface area contributed by atoms with Crippen LogP contribution in [0.25, 0.3) is 0 Å². The second-order valence-electron chi connectivity index (χ2n) is 4.80. The van der Waals surface area contributed by atoms with Gasteiger partial charge in [-0.2, -0.15) is 0 Å². The van der Waals surface area contributed by atoms with E-state index in [4.69, 9.17) is 39.0 Å². The maximum absolute atomic E-state index is 10.9. The predicted octanol–water partition coefficient (Wildman–Crippen LogP) is 1.49. The molecule has 0 amide bonds. The van der Waals surface area contributed by atoms with Gasteiger partial charge in [0.1, 0.15) is 0 Å². The monoisotopic (exact) mass is 536 g/mol. The van der Waals surface area contributed by atoms with E-state index in [0.29, 0.717) is 26.4 Å². The minimum atomic E-state index is -2.12. The maximum atomic E-state index is 10.9. The Morgan fingerprint density at radius 2 is 1.38 bits per heavy atom. The molecular weight excluding hydrogens is 518 g/mol. The number of morpholine rings is 2. The van der Waals surface area contributed by atoms with Crippen LogP contribution in [0.4, 0.5) is 0 Å². The molecule has 24 heavy (non-hydrogen) atoms. The molecule has 2 aliphatic heterocycles. The number of ether oxygens (including phenoxy) is 2. The minimum absolute atomic E-state index is 0.111. The van der Waals surface area contributed by atoms with Crippen molar-refractivity contribution < 1.29 is 19.4 Å². The van der Waals surface area contributed by atoms with Crippen LogP contribution >= 0.6 is 51.0 Å². The molecule has 2 rings (SSSR count). The van der Waals surface area contributed by atoms with Crippen molar-refractivity contribution in [3.8, 4) is 0 Å². The van der Waals surface area contributed by atoms with Crippen LogP contribution in [0, 0.1) is 0 Å². The summed E-state index contributed by atoms with van der Waals surface area (Å²) in [5.41, 5.74) is 0. The first-order valence-corrected chi connectivity index (χ1v) is 20.0. The van der Waals surface area contributed by atoms with Crippen molar-refractivity contribution in [1.29, 1.82) is 0 Å². The molecule has 0 aromatic heterocycles. The van der Waals surface area contributed by atoms with Crippen molar-refractivity contribution in [2.24, 2.45) is 0 Å². The second-order valence-corrected chi connectivity index (χ2v) is 26.4. The Bertz CT molecular complexity index is 429. The van der Waals surface area contributed by atoms with Crippen LogP contribution < -0.4 is 0 Å². The Labute approximate surface area is 167 Å². The first-order chi connectivity index (χ1) is 11.6. The van der Waals surface area contributed by atoms with Gasteiger partial charge >= 0.3 is 169 Å². The molecule has 0 aliphatic carbocycles. The molecule has 0 unspecified atom stereocenters. The van der Waals surface area contributed by atoms with E-state index in [1.54, 1.807) is 17.7 Å². The van der Waals surface area contributed by atoms with Gasteiger partial charge in [0.15, 0.2) is 0 Å². The summed E-state index contributed by atoms with van der Waals surface area (Å²) in [7, 11) is 4.91.